The standard InChI is InChI=1S/C26H24F3N5O2/c1-34(2)8-4-5-23(35)33-20-10-17(9-19(13-20)26(27,28)29)18-11-21-22(15-32-25(21)31-14-18)16-6-7-30-24(12-16)36-3/h4-7,9-15H,8H2,1-3H3,(H,31,32)(H,33,35)/b5-4+. The molecule has 36 heavy (non-hydrogen) atoms. The van der Waals surface area contributed by atoms with Crippen LogP contribution < -0.4 is 10.1 Å². The highest BCUT2D eigenvalue weighted by molar-refractivity contribution is 6.00. The van der Waals surface area contributed by atoms with Crippen LogP contribution in [0.2, 0.25) is 0 Å². The molecule has 3 heterocycles. The minimum absolute atomic E-state index is 0.0348. The number of alkyl halides is 3. The van der Waals surface area contributed by atoms with Crippen molar-refractivity contribution in [1.29, 1.82) is 0 Å². The highest BCUT2D eigenvalue weighted by atomic mass is 19.4. The molecular formula is C26H24F3N5O2. The number of benzene rings is 1. The van der Waals surface area contributed by atoms with E-state index in [2.05, 4.69) is 20.3 Å². The van der Waals surface area contributed by atoms with Gasteiger partial charge in [-0.2, -0.15) is 13.2 Å². The Labute approximate surface area is 205 Å². The zero-order valence-electron chi connectivity index (χ0n) is 19.8. The Hall–Kier alpha value is -4.18. The first-order valence-corrected chi connectivity index (χ1v) is 11.0. The van der Waals surface area contributed by atoms with Gasteiger partial charge < -0.3 is 19.9 Å². The number of fused-ring (bicyclic) bond motifs is 1. The van der Waals surface area contributed by atoms with E-state index in [4.69, 9.17) is 4.74 Å². The lowest BCUT2D eigenvalue weighted by Crippen LogP contribution is -2.13. The minimum Gasteiger partial charge on any atom is -0.481 e. The summed E-state index contributed by atoms with van der Waals surface area (Å²) in [7, 11) is 5.20. The van der Waals surface area contributed by atoms with E-state index in [1.165, 1.54) is 25.4 Å². The molecule has 0 bridgehead atoms. The summed E-state index contributed by atoms with van der Waals surface area (Å²) in [6.07, 6.45) is 3.20. The number of H-pyrrole nitrogens is 1. The summed E-state index contributed by atoms with van der Waals surface area (Å²) >= 11 is 0. The number of carbonyl (C=O) groups excluding carboxylic acids is 1. The molecule has 1 aromatic carbocycles. The second-order valence-corrected chi connectivity index (χ2v) is 8.36. The first-order chi connectivity index (χ1) is 17.1. The van der Waals surface area contributed by atoms with E-state index in [1.807, 2.05) is 19.0 Å². The number of pyridine rings is 2. The third-order valence-corrected chi connectivity index (χ3v) is 5.39. The van der Waals surface area contributed by atoms with Crippen molar-refractivity contribution in [3.8, 4) is 28.1 Å². The highest BCUT2D eigenvalue weighted by Crippen LogP contribution is 2.37. The van der Waals surface area contributed by atoms with Gasteiger partial charge >= 0.3 is 6.18 Å². The maximum atomic E-state index is 13.7. The number of hydrogen-bond acceptors (Lipinski definition) is 5. The van der Waals surface area contributed by atoms with Crippen LogP contribution >= 0.6 is 0 Å². The molecule has 0 aliphatic carbocycles. The van der Waals surface area contributed by atoms with Crippen molar-refractivity contribution in [3.63, 3.8) is 0 Å². The molecule has 0 saturated heterocycles. The number of methoxy groups -OCH3 is 1. The van der Waals surface area contributed by atoms with Crippen molar-refractivity contribution < 1.29 is 22.7 Å². The number of aromatic nitrogens is 3. The summed E-state index contributed by atoms with van der Waals surface area (Å²) in [6, 6.07) is 8.79. The first-order valence-electron chi connectivity index (χ1n) is 11.0. The third-order valence-electron chi connectivity index (χ3n) is 5.39. The molecule has 2 N–H and O–H groups in total. The van der Waals surface area contributed by atoms with Crippen LogP contribution in [0.3, 0.4) is 0 Å². The number of carbonyl (C=O) groups is 1. The summed E-state index contributed by atoms with van der Waals surface area (Å²) in [6.45, 7) is 0.523. The summed E-state index contributed by atoms with van der Waals surface area (Å²) in [5.41, 5.74) is 2.09. The fourth-order valence-corrected chi connectivity index (χ4v) is 3.67. The van der Waals surface area contributed by atoms with Gasteiger partial charge in [0.15, 0.2) is 0 Å². The number of rotatable bonds is 7. The second kappa shape index (κ2) is 10.2. The minimum atomic E-state index is -4.60. The Morgan fingerprint density at radius 2 is 1.92 bits per heavy atom. The van der Waals surface area contributed by atoms with Crippen LogP contribution in [0.15, 0.2) is 67.1 Å². The molecule has 0 fully saturated rings. The van der Waals surface area contributed by atoms with Gasteiger partial charge in [-0.1, -0.05) is 6.08 Å². The van der Waals surface area contributed by atoms with E-state index in [0.717, 1.165) is 28.6 Å². The zero-order chi connectivity index (χ0) is 25.9. The highest BCUT2D eigenvalue weighted by Gasteiger charge is 2.31. The molecular weight excluding hydrogens is 471 g/mol. The Balaban J connectivity index is 1.74. The second-order valence-electron chi connectivity index (χ2n) is 8.36. The molecule has 1 amide bonds. The third kappa shape index (κ3) is 5.72. The van der Waals surface area contributed by atoms with Gasteiger partial charge in [-0.05, 0) is 55.6 Å². The smallest absolute Gasteiger partial charge is 0.416 e. The maximum absolute atomic E-state index is 13.7. The van der Waals surface area contributed by atoms with Crippen molar-refractivity contribution >= 4 is 22.6 Å². The van der Waals surface area contributed by atoms with E-state index in [9.17, 15) is 18.0 Å². The van der Waals surface area contributed by atoms with E-state index < -0.39 is 17.6 Å². The van der Waals surface area contributed by atoms with Gasteiger partial charge in [0.1, 0.15) is 5.65 Å². The molecule has 186 valence electrons. The summed E-state index contributed by atoms with van der Waals surface area (Å²) in [5.74, 6) is -0.0842. The van der Waals surface area contributed by atoms with Crippen LogP contribution in [0.1, 0.15) is 5.56 Å². The van der Waals surface area contributed by atoms with Crippen LogP contribution in [0, 0.1) is 0 Å². The van der Waals surface area contributed by atoms with E-state index in [1.54, 1.807) is 36.7 Å². The number of likely N-dealkylation sites (N-methyl/N-ethyl adjacent to an activating group) is 1. The molecule has 0 radical (unpaired) electrons. The van der Waals surface area contributed by atoms with E-state index in [-0.39, 0.29) is 11.3 Å². The topological polar surface area (TPSA) is 83.1 Å². The molecule has 0 atom stereocenters. The van der Waals surface area contributed by atoms with Gasteiger partial charge in [0.25, 0.3) is 0 Å². The zero-order valence-corrected chi connectivity index (χ0v) is 19.8. The van der Waals surface area contributed by atoms with Crippen LogP contribution in [-0.4, -0.2) is 53.5 Å². The molecule has 0 unspecified atom stereocenters. The number of ether oxygens (including phenoxy) is 1. The number of anilines is 1. The van der Waals surface area contributed by atoms with Gasteiger partial charge in [-0.25, -0.2) is 9.97 Å². The normalized spacial score (nSPS) is 12.0. The van der Waals surface area contributed by atoms with Crippen molar-refractivity contribution in [2.45, 2.75) is 6.18 Å². The summed E-state index contributed by atoms with van der Waals surface area (Å²) in [5, 5.41) is 3.25. The molecule has 3 aromatic heterocycles. The SMILES string of the molecule is COc1cc(-c2c[nH]c3ncc(-c4cc(NC(=O)/C=C/CN(C)C)cc(C(F)(F)F)c4)cc23)ccn1. The molecule has 7 nitrogen and oxygen atoms in total. The molecule has 0 saturated carbocycles. The van der Waals surface area contributed by atoms with Crippen molar-refractivity contribution in [2.75, 3.05) is 33.1 Å². The van der Waals surface area contributed by atoms with Gasteiger partial charge in [-0.3, -0.25) is 4.79 Å². The lowest BCUT2D eigenvalue weighted by molar-refractivity contribution is -0.137. The maximum Gasteiger partial charge on any atom is 0.416 e. The van der Waals surface area contributed by atoms with Crippen LogP contribution in [0.5, 0.6) is 5.88 Å². The predicted octanol–water partition coefficient (Wildman–Crippen LogP) is 5.38. The fourth-order valence-electron chi connectivity index (χ4n) is 3.67. The first kappa shape index (κ1) is 24.9. The number of amides is 1. The molecule has 10 heteroatoms. The number of hydrogen-bond donors (Lipinski definition) is 2. The Kier molecular flexibility index (Phi) is 7.07. The van der Waals surface area contributed by atoms with Crippen molar-refractivity contribution in [1.82, 2.24) is 19.9 Å². The van der Waals surface area contributed by atoms with Crippen LogP contribution in [0.4, 0.5) is 18.9 Å². The van der Waals surface area contributed by atoms with Crippen LogP contribution in [-0.2, 0) is 11.0 Å². The Bertz CT molecular complexity index is 1430. The van der Waals surface area contributed by atoms with E-state index >= 15 is 0 Å². The molecule has 0 aliphatic rings. The number of nitrogens with one attached hydrogen (secondary N) is 2. The Morgan fingerprint density at radius 1 is 1.11 bits per heavy atom. The number of nitrogens with zero attached hydrogens (tertiary/aromatic N) is 3. The lowest BCUT2D eigenvalue weighted by atomic mass is 10.0. The summed E-state index contributed by atoms with van der Waals surface area (Å²) < 4.78 is 46.2. The van der Waals surface area contributed by atoms with Gasteiger partial charge in [-0.15, -0.1) is 0 Å². The lowest BCUT2D eigenvalue weighted by Gasteiger charge is -2.13. The van der Waals surface area contributed by atoms with E-state index in [0.29, 0.717) is 23.6 Å². The Morgan fingerprint density at radius 3 is 2.64 bits per heavy atom. The number of aromatic amines is 1. The summed E-state index contributed by atoms with van der Waals surface area (Å²) in [4.78, 5) is 25.7. The molecule has 4 rings (SSSR count). The van der Waals surface area contributed by atoms with Crippen molar-refractivity contribution in [3.05, 3.63) is 72.7 Å². The molecule has 4 aromatic rings. The van der Waals surface area contributed by atoms with Gasteiger partial charge in [0.2, 0.25) is 11.8 Å². The fraction of sp³-hybridized carbons (Fsp3) is 0.192. The average molecular weight is 496 g/mol. The van der Waals surface area contributed by atoms with Gasteiger partial charge in [0, 0.05) is 59.5 Å². The predicted molar refractivity (Wildman–Crippen MR) is 133 cm³/mol. The van der Waals surface area contributed by atoms with Crippen LogP contribution in [0.25, 0.3) is 33.3 Å². The monoisotopic (exact) mass is 495 g/mol. The average Bonchev–Trinajstić information content (AvgIpc) is 3.26. The number of halogens is 3. The molecule has 0 aliphatic heterocycles. The molecule has 0 spiro atoms. The van der Waals surface area contributed by atoms with Crippen molar-refractivity contribution in [2.24, 2.45) is 0 Å². The van der Waals surface area contributed by atoms with Gasteiger partial charge in [0.05, 0.1) is 12.7 Å². The largest absolute Gasteiger partial charge is 0.481 e. The quantitative estimate of drug-likeness (QED) is 0.337.